The van der Waals surface area contributed by atoms with Gasteiger partial charge in [0.2, 0.25) is 10.0 Å². The predicted octanol–water partition coefficient (Wildman–Crippen LogP) is -0.477. The Bertz CT molecular complexity index is 347. The smallest absolute Gasteiger partial charge is 0.304 e. The van der Waals surface area contributed by atoms with E-state index in [1.165, 1.54) is 0 Å². The lowest BCUT2D eigenvalue weighted by atomic mass is 9.92. The van der Waals surface area contributed by atoms with Gasteiger partial charge < -0.3 is 10.4 Å². The third kappa shape index (κ3) is 4.46. The highest BCUT2D eigenvalue weighted by Crippen LogP contribution is 2.18. The fourth-order valence-corrected chi connectivity index (χ4v) is 3.23. The lowest BCUT2D eigenvalue weighted by molar-refractivity contribution is -0.136. The number of nitrogens with one attached hydrogen (secondary N) is 2. The maximum absolute atomic E-state index is 11.6. The summed E-state index contributed by atoms with van der Waals surface area (Å²) in [6.07, 6.45) is 1.09. The normalized spacial score (nSPS) is 20.6. The zero-order chi connectivity index (χ0) is 12.2. The number of carboxylic acid groups (broad SMARTS) is 1. The molecule has 1 aliphatic heterocycles. The van der Waals surface area contributed by atoms with Crippen molar-refractivity contribution in [3.8, 4) is 0 Å². The van der Waals surface area contributed by atoms with Crippen LogP contribution < -0.4 is 10.0 Å². The Labute approximate surface area is 95.5 Å². The highest BCUT2D eigenvalue weighted by Gasteiger charge is 2.31. The Morgan fingerprint density at radius 1 is 1.44 bits per heavy atom. The molecule has 16 heavy (non-hydrogen) atoms. The third-order valence-electron chi connectivity index (χ3n) is 2.69. The summed E-state index contributed by atoms with van der Waals surface area (Å²) in [5.74, 6) is -1.45. The molecular weight excluding hydrogens is 232 g/mol. The molecule has 0 atom stereocenters. The highest BCUT2D eigenvalue weighted by atomic mass is 32.2. The van der Waals surface area contributed by atoms with Crippen molar-refractivity contribution in [2.45, 2.75) is 31.7 Å². The third-order valence-corrected chi connectivity index (χ3v) is 4.24. The molecule has 7 heteroatoms. The van der Waals surface area contributed by atoms with E-state index in [9.17, 15) is 13.2 Å². The molecule has 3 N–H and O–H groups in total. The van der Waals surface area contributed by atoms with Gasteiger partial charge in [-0.2, -0.15) is 0 Å². The molecule has 0 bridgehead atoms. The molecule has 0 aromatic carbocycles. The van der Waals surface area contributed by atoms with E-state index in [2.05, 4.69) is 10.0 Å². The molecule has 1 aliphatic rings. The first-order valence-electron chi connectivity index (χ1n) is 5.27. The van der Waals surface area contributed by atoms with Crippen molar-refractivity contribution in [2.24, 2.45) is 0 Å². The molecular formula is C9H18N2O4S. The predicted molar refractivity (Wildman–Crippen MR) is 59.7 cm³/mol. The summed E-state index contributed by atoms with van der Waals surface area (Å²) in [6, 6.07) is 0. The second-order valence-corrected chi connectivity index (χ2v) is 6.22. The Morgan fingerprint density at radius 3 is 2.50 bits per heavy atom. The molecule has 94 valence electrons. The van der Waals surface area contributed by atoms with Crippen LogP contribution in [0.3, 0.4) is 0 Å². The number of carboxylic acids is 1. The fourth-order valence-electron chi connectivity index (χ4n) is 1.73. The number of sulfonamides is 1. The maximum Gasteiger partial charge on any atom is 0.304 e. The molecule has 0 aliphatic carbocycles. The van der Waals surface area contributed by atoms with E-state index in [0.29, 0.717) is 0 Å². The van der Waals surface area contributed by atoms with E-state index in [-0.39, 0.29) is 12.2 Å². The molecule has 0 aromatic rings. The van der Waals surface area contributed by atoms with Gasteiger partial charge in [0.1, 0.15) is 0 Å². The number of hydrogen-bond donors (Lipinski definition) is 3. The second-order valence-electron chi connectivity index (χ2n) is 4.38. The van der Waals surface area contributed by atoms with Gasteiger partial charge in [-0.3, -0.25) is 4.79 Å². The van der Waals surface area contributed by atoms with Gasteiger partial charge in [-0.1, -0.05) is 0 Å². The van der Waals surface area contributed by atoms with Crippen LogP contribution in [0.5, 0.6) is 0 Å². The number of piperidine rings is 1. The minimum absolute atomic E-state index is 0.356. The Kier molecular flexibility index (Phi) is 4.28. The van der Waals surface area contributed by atoms with Crippen LogP contribution in [0.15, 0.2) is 0 Å². The minimum atomic E-state index is -3.49. The standard InChI is InChI=1S/C9H18N2O4S/c1-9(3-5-10-6-4-9)11-16(14,15)7-2-8(12)13/h10-11H,2-7H2,1H3,(H,12,13). The topological polar surface area (TPSA) is 95.5 Å². The van der Waals surface area contributed by atoms with Gasteiger partial charge in [-0.15, -0.1) is 0 Å². The van der Waals surface area contributed by atoms with Crippen molar-refractivity contribution >= 4 is 16.0 Å². The fraction of sp³-hybridized carbons (Fsp3) is 0.889. The van der Waals surface area contributed by atoms with Crippen molar-refractivity contribution in [1.29, 1.82) is 0 Å². The van der Waals surface area contributed by atoms with E-state index in [4.69, 9.17) is 5.11 Å². The summed E-state index contributed by atoms with van der Waals surface area (Å²) in [4.78, 5) is 10.3. The van der Waals surface area contributed by atoms with Crippen molar-refractivity contribution in [1.82, 2.24) is 10.0 Å². The van der Waals surface area contributed by atoms with Crippen LogP contribution in [-0.4, -0.2) is 43.9 Å². The minimum Gasteiger partial charge on any atom is -0.481 e. The van der Waals surface area contributed by atoms with E-state index in [1.54, 1.807) is 0 Å². The second kappa shape index (κ2) is 5.11. The highest BCUT2D eigenvalue weighted by molar-refractivity contribution is 7.89. The van der Waals surface area contributed by atoms with E-state index >= 15 is 0 Å². The average Bonchev–Trinajstić information content (AvgIpc) is 2.14. The number of carbonyl (C=O) groups is 1. The quantitative estimate of drug-likeness (QED) is 0.612. The summed E-state index contributed by atoms with van der Waals surface area (Å²) in [6.45, 7) is 3.40. The molecule has 6 nitrogen and oxygen atoms in total. The first kappa shape index (κ1) is 13.4. The van der Waals surface area contributed by atoms with Gasteiger partial charge in [-0.05, 0) is 32.9 Å². The van der Waals surface area contributed by atoms with Crippen LogP contribution in [0.25, 0.3) is 0 Å². The largest absolute Gasteiger partial charge is 0.481 e. The van der Waals surface area contributed by atoms with Crippen LogP contribution >= 0.6 is 0 Å². The first-order valence-corrected chi connectivity index (χ1v) is 6.92. The number of aliphatic carboxylic acids is 1. The molecule has 0 saturated carbocycles. The molecule has 0 unspecified atom stereocenters. The van der Waals surface area contributed by atoms with Gasteiger partial charge >= 0.3 is 5.97 Å². The summed E-state index contributed by atoms with van der Waals surface area (Å²) < 4.78 is 25.8. The van der Waals surface area contributed by atoms with E-state index in [1.807, 2.05) is 6.92 Å². The molecule has 0 spiro atoms. The zero-order valence-corrected chi connectivity index (χ0v) is 10.1. The Hall–Kier alpha value is -0.660. The Morgan fingerprint density at radius 2 is 2.00 bits per heavy atom. The summed E-state index contributed by atoms with van der Waals surface area (Å²) in [5.41, 5.74) is -0.442. The van der Waals surface area contributed by atoms with Crippen LogP contribution in [0.2, 0.25) is 0 Å². The summed E-state index contributed by atoms with van der Waals surface area (Å²) >= 11 is 0. The number of hydrogen-bond acceptors (Lipinski definition) is 4. The SMILES string of the molecule is CC1(NS(=O)(=O)CCC(=O)O)CCNCC1. The van der Waals surface area contributed by atoms with Crippen LogP contribution in [-0.2, 0) is 14.8 Å². The van der Waals surface area contributed by atoms with Crippen LogP contribution in [0.1, 0.15) is 26.2 Å². The van der Waals surface area contributed by atoms with E-state index in [0.717, 1.165) is 25.9 Å². The summed E-state index contributed by atoms with van der Waals surface area (Å²) in [5, 5.41) is 11.6. The zero-order valence-electron chi connectivity index (χ0n) is 9.32. The average molecular weight is 250 g/mol. The Balaban J connectivity index is 2.53. The maximum atomic E-state index is 11.6. The van der Waals surface area contributed by atoms with Gasteiger partial charge in [0.25, 0.3) is 0 Å². The molecule has 1 fully saturated rings. The van der Waals surface area contributed by atoms with Gasteiger partial charge in [0, 0.05) is 5.54 Å². The molecule has 1 saturated heterocycles. The molecule has 0 amide bonds. The lowest BCUT2D eigenvalue weighted by Gasteiger charge is -2.34. The van der Waals surface area contributed by atoms with Crippen molar-refractivity contribution < 1.29 is 18.3 Å². The van der Waals surface area contributed by atoms with Crippen LogP contribution in [0, 0.1) is 0 Å². The van der Waals surface area contributed by atoms with Gasteiger partial charge in [0.15, 0.2) is 0 Å². The number of rotatable bonds is 5. The molecule has 0 aromatic heterocycles. The van der Waals surface area contributed by atoms with Gasteiger partial charge in [-0.25, -0.2) is 13.1 Å². The summed E-state index contributed by atoms with van der Waals surface area (Å²) in [7, 11) is -3.49. The molecule has 1 rings (SSSR count). The van der Waals surface area contributed by atoms with E-state index < -0.39 is 21.5 Å². The lowest BCUT2D eigenvalue weighted by Crippen LogP contribution is -2.52. The van der Waals surface area contributed by atoms with Crippen molar-refractivity contribution in [3.05, 3.63) is 0 Å². The van der Waals surface area contributed by atoms with Gasteiger partial charge in [0.05, 0.1) is 12.2 Å². The first-order chi connectivity index (χ1) is 7.33. The van der Waals surface area contributed by atoms with Crippen molar-refractivity contribution in [2.75, 3.05) is 18.8 Å². The molecule has 1 heterocycles. The monoisotopic (exact) mass is 250 g/mol. The molecule has 0 radical (unpaired) electrons. The van der Waals surface area contributed by atoms with Crippen molar-refractivity contribution in [3.63, 3.8) is 0 Å². The van der Waals surface area contributed by atoms with Crippen LogP contribution in [0.4, 0.5) is 0 Å².